The molecule has 6 nitrogen and oxygen atoms in total. The summed E-state index contributed by atoms with van der Waals surface area (Å²) in [5.74, 6) is 0.0527. The Labute approximate surface area is 112 Å². The zero-order valence-electron chi connectivity index (χ0n) is 11.3. The molecule has 0 saturated carbocycles. The van der Waals surface area contributed by atoms with Crippen molar-refractivity contribution in [3.63, 3.8) is 0 Å². The zero-order valence-corrected chi connectivity index (χ0v) is 11.3. The molecule has 0 bridgehead atoms. The van der Waals surface area contributed by atoms with Crippen LogP contribution >= 0.6 is 0 Å². The molecular formula is C13H18N2O4. The van der Waals surface area contributed by atoms with Gasteiger partial charge in [-0.05, 0) is 31.2 Å². The molecule has 0 aliphatic heterocycles. The van der Waals surface area contributed by atoms with E-state index in [0.29, 0.717) is 17.9 Å². The fourth-order valence-corrected chi connectivity index (χ4v) is 1.34. The second-order valence-corrected chi connectivity index (χ2v) is 3.71. The molecule has 0 unspecified atom stereocenters. The van der Waals surface area contributed by atoms with Gasteiger partial charge in [-0.3, -0.25) is 14.4 Å². The average molecular weight is 266 g/mol. The van der Waals surface area contributed by atoms with E-state index in [2.05, 4.69) is 5.32 Å². The lowest BCUT2D eigenvalue weighted by Crippen LogP contribution is -2.37. The molecule has 0 fully saturated rings. The van der Waals surface area contributed by atoms with Gasteiger partial charge in [0.05, 0.1) is 20.3 Å². The Morgan fingerprint density at radius 1 is 1.26 bits per heavy atom. The topological polar surface area (TPSA) is 67.9 Å². The maximum atomic E-state index is 11.8. The average Bonchev–Trinajstić information content (AvgIpc) is 2.44. The number of rotatable bonds is 6. The minimum absolute atomic E-state index is 0.115. The van der Waals surface area contributed by atoms with Crippen molar-refractivity contribution in [3.05, 3.63) is 29.8 Å². The number of hydrogen-bond acceptors (Lipinski definition) is 4. The van der Waals surface area contributed by atoms with Crippen LogP contribution in [0.25, 0.3) is 0 Å². The Morgan fingerprint density at radius 3 is 2.42 bits per heavy atom. The lowest BCUT2D eigenvalue weighted by atomic mass is 10.2. The van der Waals surface area contributed by atoms with E-state index < -0.39 is 0 Å². The molecular weight excluding hydrogens is 248 g/mol. The van der Waals surface area contributed by atoms with Crippen LogP contribution in [0.15, 0.2) is 24.3 Å². The van der Waals surface area contributed by atoms with E-state index in [0.717, 1.165) is 5.06 Å². The summed E-state index contributed by atoms with van der Waals surface area (Å²) in [6.45, 7) is 2.35. The van der Waals surface area contributed by atoms with Gasteiger partial charge in [0.15, 0.2) is 0 Å². The van der Waals surface area contributed by atoms with Crippen molar-refractivity contribution in [1.82, 2.24) is 10.4 Å². The number of benzene rings is 1. The molecule has 1 aromatic rings. The lowest BCUT2D eigenvalue weighted by molar-refractivity contribution is -0.167. The number of carbonyl (C=O) groups is 2. The molecule has 0 radical (unpaired) electrons. The van der Waals surface area contributed by atoms with Gasteiger partial charge in [-0.25, -0.2) is 5.06 Å². The molecule has 1 rings (SSSR count). The van der Waals surface area contributed by atoms with Crippen molar-refractivity contribution in [2.75, 3.05) is 27.3 Å². The van der Waals surface area contributed by atoms with E-state index >= 15 is 0 Å². The molecule has 1 N–H and O–H groups in total. The number of nitrogens with one attached hydrogen (secondary N) is 1. The molecule has 2 amide bonds. The van der Waals surface area contributed by atoms with E-state index in [1.807, 2.05) is 6.92 Å². The van der Waals surface area contributed by atoms with Crippen LogP contribution < -0.4 is 10.1 Å². The van der Waals surface area contributed by atoms with Gasteiger partial charge in [0.2, 0.25) is 0 Å². The highest BCUT2D eigenvalue weighted by molar-refractivity contribution is 5.96. The van der Waals surface area contributed by atoms with E-state index in [-0.39, 0.29) is 18.4 Å². The summed E-state index contributed by atoms with van der Waals surface area (Å²) in [4.78, 5) is 27.9. The number of amides is 2. The standard InChI is InChI=1S/C13H18N2O4/c1-4-19-11-7-5-10(6-8-11)13(17)14-9-12(16)15(2)18-3/h5-8H,4,9H2,1-3H3,(H,14,17). The predicted molar refractivity (Wildman–Crippen MR) is 69.7 cm³/mol. The largest absolute Gasteiger partial charge is 0.494 e. The van der Waals surface area contributed by atoms with Gasteiger partial charge < -0.3 is 10.1 Å². The SMILES string of the molecule is CCOc1ccc(C(=O)NCC(=O)N(C)OC)cc1. The first-order valence-electron chi connectivity index (χ1n) is 5.90. The Balaban J connectivity index is 2.51. The molecule has 0 spiro atoms. The first-order chi connectivity index (χ1) is 9.08. The number of carbonyl (C=O) groups excluding carboxylic acids is 2. The number of ether oxygens (including phenoxy) is 1. The summed E-state index contributed by atoms with van der Waals surface area (Å²) in [7, 11) is 2.86. The second kappa shape index (κ2) is 7.38. The molecule has 0 heterocycles. The van der Waals surface area contributed by atoms with Gasteiger partial charge in [0.25, 0.3) is 11.8 Å². The Kier molecular flexibility index (Phi) is 5.81. The van der Waals surface area contributed by atoms with Gasteiger partial charge in [-0.2, -0.15) is 0 Å². The van der Waals surface area contributed by atoms with Crippen molar-refractivity contribution in [2.45, 2.75) is 6.92 Å². The summed E-state index contributed by atoms with van der Waals surface area (Å²) >= 11 is 0. The van der Waals surface area contributed by atoms with Crippen LogP contribution in [0.1, 0.15) is 17.3 Å². The summed E-state index contributed by atoms with van der Waals surface area (Å²) in [5.41, 5.74) is 0.469. The van der Waals surface area contributed by atoms with Crippen molar-refractivity contribution in [3.8, 4) is 5.75 Å². The molecule has 6 heteroatoms. The summed E-state index contributed by atoms with van der Waals surface area (Å²) in [6, 6.07) is 6.71. The van der Waals surface area contributed by atoms with Crippen molar-refractivity contribution in [2.24, 2.45) is 0 Å². The van der Waals surface area contributed by atoms with E-state index in [9.17, 15) is 9.59 Å². The predicted octanol–water partition coefficient (Wildman–Crippen LogP) is 0.835. The van der Waals surface area contributed by atoms with Crippen LogP contribution in [0.5, 0.6) is 5.75 Å². The smallest absolute Gasteiger partial charge is 0.265 e. The normalized spacial score (nSPS) is 9.84. The second-order valence-electron chi connectivity index (χ2n) is 3.71. The Morgan fingerprint density at radius 2 is 1.89 bits per heavy atom. The van der Waals surface area contributed by atoms with E-state index in [1.54, 1.807) is 24.3 Å². The maximum Gasteiger partial charge on any atom is 0.265 e. The number of nitrogens with zero attached hydrogens (tertiary/aromatic N) is 1. The van der Waals surface area contributed by atoms with Crippen LogP contribution in [-0.2, 0) is 9.63 Å². The Hall–Kier alpha value is -2.08. The monoisotopic (exact) mass is 266 g/mol. The van der Waals surface area contributed by atoms with Crippen LogP contribution in [0, 0.1) is 0 Å². The molecule has 0 aliphatic rings. The van der Waals surface area contributed by atoms with Crippen molar-refractivity contribution < 1.29 is 19.2 Å². The summed E-state index contributed by atoms with van der Waals surface area (Å²) in [6.07, 6.45) is 0. The minimum Gasteiger partial charge on any atom is -0.494 e. The first-order valence-corrected chi connectivity index (χ1v) is 5.90. The summed E-state index contributed by atoms with van der Waals surface area (Å²) < 4.78 is 5.28. The molecule has 0 saturated heterocycles. The zero-order chi connectivity index (χ0) is 14.3. The van der Waals surface area contributed by atoms with Gasteiger partial charge in [-0.1, -0.05) is 0 Å². The van der Waals surface area contributed by atoms with Crippen LogP contribution in [-0.4, -0.2) is 44.2 Å². The third kappa shape index (κ3) is 4.59. The maximum absolute atomic E-state index is 11.8. The van der Waals surface area contributed by atoms with Crippen molar-refractivity contribution in [1.29, 1.82) is 0 Å². The fourth-order valence-electron chi connectivity index (χ4n) is 1.34. The molecule has 0 aliphatic carbocycles. The highest BCUT2D eigenvalue weighted by atomic mass is 16.7. The number of likely N-dealkylation sites (N-methyl/N-ethyl adjacent to an activating group) is 1. The van der Waals surface area contributed by atoms with E-state index in [4.69, 9.17) is 9.57 Å². The third-order valence-electron chi connectivity index (χ3n) is 2.45. The summed E-state index contributed by atoms with van der Waals surface area (Å²) in [5, 5.41) is 3.57. The Bertz CT molecular complexity index is 431. The lowest BCUT2D eigenvalue weighted by Gasteiger charge is -2.13. The highest BCUT2D eigenvalue weighted by Gasteiger charge is 2.11. The molecule has 19 heavy (non-hydrogen) atoms. The molecule has 1 aromatic carbocycles. The van der Waals surface area contributed by atoms with Crippen molar-refractivity contribution >= 4 is 11.8 Å². The third-order valence-corrected chi connectivity index (χ3v) is 2.45. The van der Waals surface area contributed by atoms with Crippen LogP contribution in [0.3, 0.4) is 0 Å². The number of hydroxylamine groups is 2. The minimum atomic E-state index is -0.332. The van der Waals surface area contributed by atoms with Gasteiger partial charge in [-0.15, -0.1) is 0 Å². The molecule has 104 valence electrons. The molecule has 0 aromatic heterocycles. The van der Waals surface area contributed by atoms with E-state index in [1.165, 1.54) is 14.2 Å². The van der Waals surface area contributed by atoms with Crippen LogP contribution in [0.2, 0.25) is 0 Å². The fraction of sp³-hybridized carbons (Fsp3) is 0.385. The van der Waals surface area contributed by atoms with Gasteiger partial charge in [0, 0.05) is 12.6 Å². The van der Waals surface area contributed by atoms with Gasteiger partial charge in [0.1, 0.15) is 5.75 Å². The highest BCUT2D eigenvalue weighted by Crippen LogP contribution is 2.11. The molecule has 0 atom stereocenters. The van der Waals surface area contributed by atoms with Crippen LogP contribution in [0.4, 0.5) is 0 Å². The first kappa shape index (κ1) is 15.0. The van der Waals surface area contributed by atoms with Gasteiger partial charge >= 0.3 is 0 Å². The number of hydrogen-bond donors (Lipinski definition) is 1. The quantitative estimate of drug-likeness (QED) is 0.775.